The molecule has 2 atom stereocenters. The number of hydrogen-bond acceptors (Lipinski definition) is 5. The summed E-state index contributed by atoms with van der Waals surface area (Å²) in [6, 6.07) is 21.4. The second kappa shape index (κ2) is 14.2. The van der Waals surface area contributed by atoms with Crippen molar-refractivity contribution in [3.8, 4) is 5.75 Å². The number of carbonyl (C=O) groups is 2. The number of amides is 2. The van der Waals surface area contributed by atoms with E-state index in [-0.39, 0.29) is 30.6 Å². The Kier molecular flexibility index (Phi) is 10.9. The SMILES string of the molecule is CC[C@@H](C)NC(=O)[C@H](Cc1ccccc1)N(Cc1ccccc1C)C(=O)CN(c1cc(C)ccc1OC)S(C)(=O)=O. The molecule has 3 rings (SSSR count). The van der Waals surface area contributed by atoms with Gasteiger partial charge in [-0.1, -0.05) is 67.6 Å². The molecule has 0 spiro atoms. The van der Waals surface area contributed by atoms with Gasteiger partial charge in [-0.05, 0) is 61.6 Å². The van der Waals surface area contributed by atoms with Crippen LogP contribution in [-0.2, 0) is 32.6 Å². The molecule has 0 aliphatic rings. The molecule has 0 saturated carbocycles. The summed E-state index contributed by atoms with van der Waals surface area (Å²) in [7, 11) is -2.45. The molecule has 0 aliphatic carbocycles. The Morgan fingerprint density at radius 1 is 0.976 bits per heavy atom. The monoisotopic (exact) mass is 579 g/mol. The van der Waals surface area contributed by atoms with E-state index < -0.39 is 28.5 Å². The van der Waals surface area contributed by atoms with Gasteiger partial charge in [0.05, 0.1) is 19.1 Å². The molecule has 8 nitrogen and oxygen atoms in total. The number of hydrogen-bond donors (Lipinski definition) is 1. The maximum absolute atomic E-state index is 14.3. The van der Waals surface area contributed by atoms with Crippen LogP contribution >= 0.6 is 0 Å². The highest BCUT2D eigenvalue weighted by molar-refractivity contribution is 7.92. The van der Waals surface area contributed by atoms with Crippen LogP contribution in [0.4, 0.5) is 5.69 Å². The number of aryl methyl sites for hydroxylation is 2. The zero-order valence-corrected chi connectivity index (χ0v) is 25.6. The number of sulfonamides is 1. The minimum absolute atomic E-state index is 0.0970. The lowest BCUT2D eigenvalue weighted by Crippen LogP contribution is -2.54. The van der Waals surface area contributed by atoms with Crippen LogP contribution in [0.1, 0.15) is 42.5 Å². The Balaban J connectivity index is 2.11. The molecule has 0 unspecified atom stereocenters. The number of carbonyl (C=O) groups excluding carboxylic acids is 2. The molecule has 1 N–H and O–H groups in total. The summed E-state index contributed by atoms with van der Waals surface area (Å²) in [6.45, 7) is 7.33. The van der Waals surface area contributed by atoms with Crippen LogP contribution in [0.25, 0.3) is 0 Å². The summed E-state index contributed by atoms with van der Waals surface area (Å²) in [6.07, 6.45) is 2.06. The number of benzene rings is 3. The maximum Gasteiger partial charge on any atom is 0.244 e. The molecule has 0 aliphatic heterocycles. The molecule has 3 aromatic rings. The number of anilines is 1. The number of rotatable bonds is 13. The van der Waals surface area contributed by atoms with E-state index in [4.69, 9.17) is 4.74 Å². The quantitative estimate of drug-likeness (QED) is 0.319. The van der Waals surface area contributed by atoms with Gasteiger partial charge in [0.25, 0.3) is 0 Å². The minimum Gasteiger partial charge on any atom is -0.495 e. The van der Waals surface area contributed by atoms with Crippen LogP contribution in [0.15, 0.2) is 72.8 Å². The zero-order chi connectivity index (χ0) is 30.2. The van der Waals surface area contributed by atoms with E-state index in [0.717, 1.165) is 39.2 Å². The van der Waals surface area contributed by atoms with E-state index in [1.54, 1.807) is 12.1 Å². The predicted molar refractivity (Wildman–Crippen MR) is 163 cm³/mol. The van der Waals surface area contributed by atoms with Crippen molar-refractivity contribution in [1.82, 2.24) is 10.2 Å². The topological polar surface area (TPSA) is 96.0 Å². The first kappa shape index (κ1) is 31.7. The maximum atomic E-state index is 14.3. The van der Waals surface area contributed by atoms with Crippen molar-refractivity contribution < 1.29 is 22.7 Å². The number of methoxy groups -OCH3 is 1. The standard InChI is InChI=1S/C32H41N3O5S/c1-7-25(4)33-32(37)29(20-26-14-9-8-10-15-26)34(21-27-16-12-11-13-24(27)3)31(36)22-35(41(6,38)39)28-19-23(2)17-18-30(28)40-5/h8-19,25,29H,7,20-22H2,1-6H3,(H,33,37)/t25-,29+/m1/s1. The molecule has 0 heterocycles. The van der Waals surface area contributed by atoms with Gasteiger partial charge in [-0.3, -0.25) is 13.9 Å². The van der Waals surface area contributed by atoms with Gasteiger partial charge in [0, 0.05) is 19.0 Å². The van der Waals surface area contributed by atoms with Crippen molar-refractivity contribution in [3.63, 3.8) is 0 Å². The summed E-state index contributed by atoms with van der Waals surface area (Å²) >= 11 is 0. The van der Waals surface area contributed by atoms with Crippen molar-refractivity contribution >= 4 is 27.5 Å². The van der Waals surface area contributed by atoms with Crippen LogP contribution in [0.3, 0.4) is 0 Å². The molecule has 2 amide bonds. The first-order chi connectivity index (χ1) is 19.4. The average molecular weight is 580 g/mol. The molecule has 41 heavy (non-hydrogen) atoms. The van der Waals surface area contributed by atoms with E-state index >= 15 is 0 Å². The molecule has 220 valence electrons. The van der Waals surface area contributed by atoms with Gasteiger partial charge in [0.15, 0.2) is 0 Å². The fourth-order valence-electron chi connectivity index (χ4n) is 4.56. The van der Waals surface area contributed by atoms with Crippen LogP contribution in [-0.4, -0.2) is 57.1 Å². The molecule has 0 bridgehead atoms. The second-order valence-electron chi connectivity index (χ2n) is 10.4. The fraction of sp³-hybridized carbons (Fsp3) is 0.375. The van der Waals surface area contributed by atoms with Crippen LogP contribution < -0.4 is 14.4 Å². The van der Waals surface area contributed by atoms with Gasteiger partial charge in [0.2, 0.25) is 21.8 Å². The van der Waals surface area contributed by atoms with Crippen molar-refractivity contribution in [2.24, 2.45) is 0 Å². The van der Waals surface area contributed by atoms with Gasteiger partial charge < -0.3 is 15.0 Å². The Morgan fingerprint density at radius 2 is 1.63 bits per heavy atom. The van der Waals surface area contributed by atoms with Crippen LogP contribution in [0.5, 0.6) is 5.75 Å². The number of nitrogens with zero attached hydrogens (tertiary/aromatic N) is 2. The highest BCUT2D eigenvalue weighted by Gasteiger charge is 2.34. The summed E-state index contributed by atoms with van der Waals surface area (Å²) in [5.41, 5.74) is 3.80. The van der Waals surface area contributed by atoms with E-state index in [0.29, 0.717) is 5.75 Å². The van der Waals surface area contributed by atoms with Gasteiger partial charge in [-0.2, -0.15) is 0 Å². The van der Waals surface area contributed by atoms with Crippen LogP contribution in [0.2, 0.25) is 0 Å². The highest BCUT2D eigenvalue weighted by atomic mass is 32.2. The number of nitrogens with one attached hydrogen (secondary N) is 1. The zero-order valence-electron chi connectivity index (χ0n) is 24.8. The van der Waals surface area contributed by atoms with E-state index in [9.17, 15) is 18.0 Å². The normalized spacial score (nSPS) is 12.7. The summed E-state index contributed by atoms with van der Waals surface area (Å²) in [5.74, 6) is -0.457. The third-order valence-corrected chi connectivity index (χ3v) is 8.28. The molecule has 3 aromatic carbocycles. The summed E-state index contributed by atoms with van der Waals surface area (Å²) in [5, 5.41) is 3.04. The third-order valence-electron chi connectivity index (χ3n) is 7.16. The van der Waals surface area contributed by atoms with Crippen molar-refractivity contribution in [3.05, 3.63) is 95.1 Å². The lowest BCUT2D eigenvalue weighted by atomic mass is 10.0. The Morgan fingerprint density at radius 3 is 2.24 bits per heavy atom. The lowest BCUT2D eigenvalue weighted by Gasteiger charge is -2.34. The van der Waals surface area contributed by atoms with E-state index in [1.807, 2.05) is 88.4 Å². The fourth-order valence-corrected chi connectivity index (χ4v) is 5.40. The molecular formula is C32H41N3O5S. The van der Waals surface area contributed by atoms with Crippen LogP contribution in [0, 0.1) is 13.8 Å². The van der Waals surface area contributed by atoms with Crippen molar-refractivity contribution in [2.45, 2.75) is 59.2 Å². The predicted octanol–water partition coefficient (Wildman–Crippen LogP) is 4.63. The van der Waals surface area contributed by atoms with Gasteiger partial charge >= 0.3 is 0 Å². The van der Waals surface area contributed by atoms with Crippen molar-refractivity contribution in [1.29, 1.82) is 0 Å². The Bertz CT molecular complexity index is 1440. The second-order valence-corrected chi connectivity index (χ2v) is 12.3. The summed E-state index contributed by atoms with van der Waals surface area (Å²) < 4.78 is 32.7. The van der Waals surface area contributed by atoms with Gasteiger partial charge in [-0.15, -0.1) is 0 Å². The molecule has 0 saturated heterocycles. The smallest absolute Gasteiger partial charge is 0.244 e. The molecular weight excluding hydrogens is 538 g/mol. The third kappa shape index (κ3) is 8.57. The Labute approximate surface area is 244 Å². The Hall–Kier alpha value is -3.85. The van der Waals surface area contributed by atoms with E-state index in [2.05, 4.69) is 5.32 Å². The van der Waals surface area contributed by atoms with Gasteiger partial charge in [0.1, 0.15) is 18.3 Å². The first-order valence-electron chi connectivity index (χ1n) is 13.7. The lowest BCUT2D eigenvalue weighted by molar-refractivity contribution is -0.140. The minimum atomic E-state index is -3.90. The molecule has 9 heteroatoms. The first-order valence-corrected chi connectivity index (χ1v) is 15.6. The molecule has 0 radical (unpaired) electrons. The average Bonchev–Trinajstić information content (AvgIpc) is 2.94. The number of ether oxygens (including phenoxy) is 1. The largest absolute Gasteiger partial charge is 0.495 e. The molecule has 0 aromatic heterocycles. The van der Waals surface area contributed by atoms with Gasteiger partial charge in [-0.25, -0.2) is 8.42 Å². The van der Waals surface area contributed by atoms with Crippen molar-refractivity contribution in [2.75, 3.05) is 24.2 Å². The molecule has 0 fully saturated rings. The van der Waals surface area contributed by atoms with E-state index in [1.165, 1.54) is 12.0 Å². The summed E-state index contributed by atoms with van der Waals surface area (Å²) in [4.78, 5) is 29.6. The highest BCUT2D eigenvalue weighted by Crippen LogP contribution is 2.31.